The molecule has 244 valence electrons. The van der Waals surface area contributed by atoms with E-state index in [4.69, 9.17) is 4.74 Å². The third-order valence-corrected chi connectivity index (χ3v) is 7.79. The van der Waals surface area contributed by atoms with Crippen molar-refractivity contribution < 1.29 is 19.1 Å². The lowest BCUT2D eigenvalue weighted by atomic mass is 9.97. The number of nitrogens with one attached hydrogen (secondary N) is 2. The minimum atomic E-state index is -0.908. The van der Waals surface area contributed by atoms with Crippen LogP contribution in [0, 0.1) is 13.8 Å². The van der Waals surface area contributed by atoms with Crippen molar-refractivity contribution in [3.8, 4) is 0 Å². The molecule has 2 rings (SSSR count). The number of amides is 3. The normalized spacial score (nSPS) is 12.7. The van der Waals surface area contributed by atoms with Crippen molar-refractivity contribution in [2.24, 2.45) is 0 Å². The molecule has 0 aliphatic rings. The zero-order valence-electron chi connectivity index (χ0n) is 28.3. The second kappa shape index (κ2) is 19.1. The molecule has 2 atom stereocenters. The van der Waals surface area contributed by atoms with Gasteiger partial charge in [-0.1, -0.05) is 107 Å². The van der Waals surface area contributed by atoms with E-state index in [1.54, 1.807) is 25.7 Å². The first kappa shape index (κ1) is 36.8. The van der Waals surface area contributed by atoms with Crippen molar-refractivity contribution in [1.29, 1.82) is 0 Å². The largest absolute Gasteiger partial charge is 0.444 e. The number of benzene rings is 2. The Hall–Kier alpha value is -3.35. The highest BCUT2D eigenvalue weighted by Gasteiger charge is 2.36. The summed E-state index contributed by atoms with van der Waals surface area (Å²) in [6.45, 7) is 14.7. The van der Waals surface area contributed by atoms with Gasteiger partial charge in [0.25, 0.3) is 0 Å². The minimum absolute atomic E-state index is 0.195. The Morgan fingerprint density at radius 2 is 1.45 bits per heavy atom. The molecule has 0 heterocycles. The molecular weight excluding hydrogens is 550 g/mol. The van der Waals surface area contributed by atoms with Crippen LogP contribution >= 0.6 is 0 Å². The second-order valence-electron chi connectivity index (χ2n) is 12.9. The topological polar surface area (TPSA) is 87.7 Å². The summed E-state index contributed by atoms with van der Waals surface area (Å²) in [7, 11) is 0. The number of rotatable bonds is 18. The monoisotopic (exact) mass is 607 g/mol. The number of hydrogen-bond acceptors (Lipinski definition) is 4. The Kier molecular flexibility index (Phi) is 16.0. The van der Waals surface area contributed by atoms with E-state index < -0.39 is 23.8 Å². The molecule has 0 fully saturated rings. The maximum atomic E-state index is 14.6. The van der Waals surface area contributed by atoms with Crippen molar-refractivity contribution in [3.05, 3.63) is 70.8 Å². The van der Waals surface area contributed by atoms with E-state index in [1.807, 2.05) is 62.4 Å². The Morgan fingerprint density at radius 1 is 0.818 bits per heavy atom. The van der Waals surface area contributed by atoms with Gasteiger partial charge in [0.2, 0.25) is 11.8 Å². The van der Waals surface area contributed by atoms with Crippen LogP contribution in [0.25, 0.3) is 0 Å². The highest BCUT2D eigenvalue weighted by atomic mass is 16.6. The number of aryl methyl sites for hydroxylation is 2. The van der Waals surface area contributed by atoms with Gasteiger partial charge in [0, 0.05) is 19.5 Å². The molecule has 0 bridgehead atoms. The predicted octanol–water partition coefficient (Wildman–Crippen LogP) is 7.98. The molecule has 2 aromatic rings. The predicted molar refractivity (Wildman–Crippen MR) is 180 cm³/mol. The molecule has 0 aromatic heterocycles. The van der Waals surface area contributed by atoms with Crippen LogP contribution in [0.3, 0.4) is 0 Å². The number of alkyl carbamates (subject to hydrolysis) is 1. The minimum Gasteiger partial charge on any atom is -0.444 e. The molecule has 0 radical (unpaired) electrons. The summed E-state index contributed by atoms with van der Waals surface area (Å²) in [6.07, 6.45) is 8.89. The summed E-state index contributed by atoms with van der Waals surface area (Å²) >= 11 is 0. The maximum Gasteiger partial charge on any atom is 0.408 e. The third-order valence-electron chi connectivity index (χ3n) is 7.79. The van der Waals surface area contributed by atoms with Gasteiger partial charge in [0.1, 0.15) is 17.7 Å². The van der Waals surface area contributed by atoms with Crippen LogP contribution in [0.4, 0.5) is 4.79 Å². The number of carbonyl (C=O) groups is 3. The molecule has 0 saturated carbocycles. The SMILES string of the molecule is CCCCCCCCN(C(=O)C(Cc1ccccc1)NC(=O)OC(C)(C)C)C(C(=O)NCCCCC)c1ccc(C)c(C)c1. The third kappa shape index (κ3) is 13.1. The van der Waals surface area contributed by atoms with E-state index in [1.165, 1.54) is 6.42 Å². The number of nitrogens with zero attached hydrogens (tertiary/aromatic N) is 1. The van der Waals surface area contributed by atoms with Gasteiger partial charge < -0.3 is 20.3 Å². The number of ether oxygens (including phenoxy) is 1. The van der Waals surface area contributed by atoms with E-state index in [9.17, 15) is 14.4 Å². The van der Waals surface area contributed by atoms with Crippen LogP contribution in [0.2, 0.25) is 0 Å². The maximum absolute atomic E-state index is 14.6. The van der Waals surface area contributed by atoms with Crippen molar-refractivity contribution in [3.63, 3.8) is 0 Å². The van der Waals surface area contributed by atoms with Crippen molar-refractivity contribution >= 4 is 17.9 Å². The van der Waals surface area contributed by atoms with E-state index in [0.29, 0.717) is 13.1 Å². The van der Waals surface area contributed by atoms with E-state index in [2.05, 4.69) is 24.5 Å². The first-order valence-corrected chi connectivity index (χ1v) is 16.7. The molecule has 0 aliphatic carbocycles. The average Bonchev–Trinajstić information content (AvgIpc) is 2.97. The summed E-state index contributed by atoms with van der Waals surface area (Å²) in [5.41, 5.74) is 3.15. The lowest BCUT2D eigenvalue weighted by molar-refractivity contribution is -0.142. The Bertz CT molecular complexity index is 1160. The molecule has 7 nitrogen and oxygen atoms in total. The van der Waals surface area contributed by atoms with Gasteiger partial charge in [0.15, 0.2) is 0 Å². The summed E-state index contributed by atoms with van der Waals surface area (Å²) in [5.74, 6) is -0.486. The van der Waals surface area contributed by atoms with Gasteiger partial charge in [-0.15, -0.1) is 0 Å². The van der Waals surface area contributed by atoms with Gasteiger partial charge in [-0.2, -0.15) is 0 Å². The average molecular weight is 608 g/mol. The molecule has 3 amide bonds. The molecule has 2 unspecified atom stereocenters. The van der Waals surface area contributed by atoms with Crippen LogP contribution in [-0.2, 0) is 20.7 Å². The zero-order chi connectivity index (χ0) is 32.5. The summed E-state index contributed by atoms with van der Waals surface area (Å²) in [4.78, 5) is 43.4. The van der Waals surface area contributed by atoms with Crippen molar-refractivity contribution in [2.45, 2.75) is 130 Å². The van der Waals surface area contributed by atoms with Gasteiger partial charge in [0.05, 0.1) is 0 Å². The van der Waals surface area contributed by atoms with Crippen LogP contribution in [0.5, 0.6) is 0 Å². The lowest BCUT2D eigenvalue weighted by Crippen LogP contribution is -2.54. The Morgan fingerprint density at radius 3 is 2.09 bits per heavy atom. The Balaban J connectivity index is 2.52. The second-order valence-corrected chi connectivity index (χ2v) is 12.9. The molecule has 0 aliphatic heterocycles. The van der Waals surface area contributed by atoms with Crippen LogP contribution in [0.1, 0.15) is 121 Å². The first-order chi connectivity index (χ1) is 21.0. The first-order valence-electron chi connectivity index (χ1n) is 16.7. The Labute approximate surface area is 266 Å². The number of hydrogen-bond donors (Lipinski definition) is 2. The van der Waals surface area contributed by atoms with Crippen molar-refractivity contribution in [1.82, 2.24) is 15.5 Å². The molecule has 44 heavy (non-hydrogen) atoms. The van der Waals surface area contributed by atoms with Crippen LogP contribution in [0.15, 0.2) is 48.5 Å². The van der Waals surface area contributed by atoms with Crippen molar-refractivity contribution in [2.75, 3.05) is 13.1 Å². The van der Waals surface area contributed by atoms with Gasteiger partial charge in [-0.25, -0.2) is 4.79 Å². The number of unbranched alkanes of at least 4 members (excludes halogenated alkanes) is 7. The fraction of sp³-hybridized carbons (Fsp3) is 0.595. The molecule has 7 heteroatoms. The fourth-order valence-corrected chi connectivity index (χ4v) is 5.22. The van der Waals surface area contributed by atoms with E-state index in [-0.39, 0.29) is 18.2 Å². The van der Waals surface area contributed by atoms with Gasteiger partial charge in [-0.3, -0.25) is 9.59 Å². The van der Waals surface area contributed by atoms with Crippen LogP contribution < -0.4 is 10.6 Å². The van der Waals surface area contributed by atoms with Crippen LogP contribution in [-0.4, -0.2) is 47.5 Å². The molecule has 2 N–H and O–H groups in total. The van der Waals surface area contributed by atoms with E-state index >= 15 is 0 Å². The quantitative estimate of drug-likeness (QED) is 0.168. The standard InChI is InChI=1S/C37H57N3O4/c1-8-10-12-13-14-19-25-40(33(34(41)38-24-18-11-9-2)31-23-22-28(3)29(4)26-31)35(42)32(27-30-20-16-15-17-21-30)39-36(43)44-37(5,6)7/h15-17,20-23,26,32-33H,8-14,18-19,24-25,27H2,1-7H3,(H,38,41)(H,39,43). The van der Waals surface area contributed by atoms with Gasteiger partial charge in [-0.05, 0) is 69.7 Å². The summed E-state index contributed by atoms with van der Waals surface area (Å²) in [5, 5.41) is 5.98. The summed E-state index contributed by atoms with van der Waals surface area (Å²) in [6, 6.07) is 13.9. The van der Waals surface area contributed by atoms with E-state index in [0.717, 1.165) is 73.6 Å². The fourth-order valence-electron chi connectivity index (χ4n) is 5.22. The highest BCUT2D eigenvalue weighted by molar-refractivity contribution is 5.92. The molecule has 0 spiro atoms. The number of carbonyl (C=O) groups excluding carboxylic acids is 3. The van der Waals surface area contributed by atoms with Gasteiger partial charge >= 0.3 is 6.09 Å². The lowest BCUT2D eigenvalue weighted by Gasteiger charge is -2.35. The smallest absolute Gasteiger partial charge is 0.408 e. The molecular formula is C37H57N3O4. The summed E-state index contributed by atoms with van der Waals surface area (Å²) < 4.78 is 5.57. The molecule has 0 saturated heterocycles. The highest BCUT2D eigenvalue weighted by Crippen LogP contribution is 2.26. The molecule has 2 aromatic carbocycles. The zero-order valence-corrected chi connectivity index (χ0v) is 28.3.